The smallest absolute Gasteiger partial charge is 0.343 e. The minimum Gasteiger partial charge on any atom is -0.493 e. The van der Waals surface area contributed by atoms with Gasteiger partial charge in [0.15, 0.2) is 17.3 Å². The first kappa shape index (κ1) is 22.8. The zero-order valence-corrected chi connectivity index (χ0v) is 18.4. The van der Waals surface area contributed by atoms with E-state index in [0.29, 0.717) is 16.9 Å². The number of rotatable bonds is 8. The number of benzene rings is 2. The normalized spacial score (nSPS) is 10.6. The van der Waals surface area contributed by atoms with Gasteiger partial charge >= 0.3 is 5.97 Å². The summed E-state index contributed by atoms with van der Waals surface area (Å²) in [7, 11) is 1.44. The molecule has 0 saturated heterocycles. The predicted molar refractivity (Wildman–Crippen MR) is 119 cm³/mol. The van der Waals surface area contributed by atoms with Gasteiger partial charge in [0, 0.05) is 4.47 Å². The highest BCUT2D eigenvalue weighted by molar-refractivity contribution is 9.10. The average molecular weight is 500 g/mol. The van der Waals surface area contributed by atoms with Crippen LogP contribution in [0.4, 0.5) is 0 Å². The van der Waals surface area contributed by atoms with Gasteiger partial charge in [0.25, 0.3) is 11.8 Å². The molecule has 0 atom stereocenters. The van der Waals surface area contributed by atoms with Gasteiger partial charge in [-0.05, 0) is 60.2 Å². The van der Waals surface area contributed by atoms with E-state index < -0.39 is 17.8 Å². The molecule has 1 aromatic heterocycles. The van der Waals surface area contributed by atoms with Crippen molar-refractivity contribution in [1.29, 1.82) is 0 Å². The van der Waals surface area contributed by atoms with Crippen molar-refractivity contribution in [3.05, 3.63) is 82.2 Å². The molecule has 10 heteroatoms. The van der Waals surface area contributed by atoms with Crippen LogP contribution in [-0.4, -0.2) is 37.7 Å². The Morgan fingerprint density at radius 2 is 1.88 bits per heavy atom. The van der Waals surface area contributed by atoms with Crippen LogP contribution < -0.4 is 20.2 Å². The summed E-state index contributed by atoms with van der Waals surface area (Å²) in [6.45, 7) is -0.273. The van der Waals surface area contributed by atoms with Gasteiger partial charge in [-0.3, -0.25) is 9.59 Å². The van der Waals surface area contributed by atoms with Gasteiger partial charge in [0.05, 0.1) is 31.7 Å². The summed E-state index contributed by atoms with van der Waals surface area (Å²) in [6, 6.07) is 14.6. The number of methoxy groups -OCH3 is 1. The Kier molecular flexibility index (Phi) is 7.76. The molecule has 32 heavy (non-hydrogen) atoms. The number of nitrogens with zero attached hydrogens (tertiary/aromatic N) is 1. The molecule has 0 aliphatic carbocycles. The van der Waals surface area contributed by atoms with Crippen molar-refractivity contribution in [2.75, 3.05) is 13.7 Å². The number of hydrazone groups is 1. The molecular formula is C22H18BrN3O6. The third-order valence-electron chi connectivity index (χ3n) is 4.03. The van der Waals surface area contributed by atoms with Crippen LogP contribution in [0.5, 0.6) is 11.5 Å². The summed E-state index contributed by atoms with van der Waals surface area (Å²) in [5.41, 5.74) is 3.28. The van der Waals surface area contributed by atoms with Crippen LogP contribution in [0, 0.1) is 0 Å². The molecule has 0 fully saturated rings. The Morgan fingerprint density at radius 3 is 2.56 bits per heavy atom. The fraction of sp³-hybridized carbons (Fsp3) is 0.0909. The molecule has 0 saturated carbocycles. The molecule has 2 amide bonds. The molecule has 3 rings (SSSR count). The van der Waals surface area contributed by atoms with Gasteiger partial charge in [0.2, 0.25) is 0 Å². The van der Waals surface area contributed by atoms with E-state index in [1.807, 2.05) is 0 Å². The van der Waals surface area contributed by atoms with Gasteiger partial charge < -0.3 is 19.2 Å². The number of carbonyl (C=O) groups excluding carboxylic acids is 3. The molecule has 0 spiro atoms. The van der Waals surface area contributed by atoms with Crippen LogP contribution in [0.15, 0.2) is 74.9 Å². The molecule has 0 aliphatic rings. The average Bonchev–Trinajstić information content (AvgIpc) is 3.34. The van der Waals surface area contributed by atoms with Crippen LogP contribution in [0.25, 0.3) is 0 Å². The summed E-state index contributed by atoms with van der Waals surface area (Å²) >= 11 is 3.31. The summed E-state index contributed by atoms with van der Waals surface area (Å²) in [4.78, 5) is 35.8. The van der Waals surface area contributed by atoms with Crippen molar-refractivity contribution < 1.29 is 28.3 Å². The van der Waals surface area contributed by atoms with E-state index in [2.05, 4.69) is 31.8 Å². The van der Waals surface area contributed by atoms with Crippen LogP contribution in [0.1, 0.15) is 26.5 Å². The molecule has 0 bridgehead atoms. The topological polar surface area (TPSA) is 119 Å². The first-order valence-corrected chi connectivity index (χ1v) is 10.0. The lowest BCUT2D eigenvalue weighted by Crippen LogP contribution is -2.34. The second-order valence-corrected chi connectivity index (χ2v) is 7.18. The van der Waals surface area contributed by atoms with Crippen molar-refractivity contribution in [1.82, 2.24) is 10.7 Å². The SMILES string of the molecule is COc1cc(C=NNC(=O)CNC(=O)c2ccco2)ccc1OC(=O)c1ccc(Br)cc1. The monoisotopic (exact) mass is 499 g/mol. The lowest BCUT2D eigenvalue weighted by atomic mass is 10.2. The van der Waals surface area contributed by atoms with Crippen molar-refractivity contribution in [2.24, 2.45) is 5.10 Å². The third kappa shape index (κ3) is 6.29. The van der Waals surface area contributed by atoms with Crippen LogP contribution >= 0.6 is 15.9 Å². The number of amides is 2. The minimum absolute atomic E-state index is 0.106. The Morgan fingerprint density at radius 1 is 1.09 bits per heavy atom. The van der Waals surface area contributed by atoms with Crippen molar-refractivity contribution in [2.45, 2.75) is 0 Å². The predicted octanol–water partition coefficient (Wildman–Crippen LogP) is 3.15. The maximum absolute atomic E-state index is 12.3. The van der Waals surface area contributed by atoms with Gasteiger partial charge in [-0.15, -0.1) is 0 Å². The molecule has 0 unspecified atom stereocenters. The highest BCUT2D eigenvalue weighted by Crippen LogP contribution is 2.28. The summed E-state index contributed by atoms with van der Waals surface area (Å²) in [6.07, 6.45) is 2.75. The number of hydrogen-bond acceptors (Lipinski definition) is 7. The Bertz CT molecular complexity index is 1130. The van der Waals surface area contributed by atoms with Crippen molar-refractivity contribution in [3.8, 4) is 11.5 Å². The molecule has 2 aromatic carbocycles. The lowest BCUT2D eigenvalue weighted by molar-refractivity contribution is -0.120. The molecule has 1 heterocycles. The first-order chi connectivity index (χ1) is 15.5. The van der Waals surface area contributed by atoms with Gasteiger partial charge in [-0.25, -0.2) is 10.2 Å². The quantitative estimate of drug-likeness (QED) is 0.212. The Labute approximate surface area is 191 Å². The molecule has 0 aliphatic heterocycles. The molecule has 9 nitrogen and oxygen atoms in total. The van der Waals surface area contributed by atoms with Gasteiger partial charge in [-0.1, -0.05) is 15.9 Å². The van der Waals surface area contributed by atoms with E-state index in [4.69, 9.17) is 13.9 Å². The second-order valence-electron chi connectivity index (χ2n) is 6.26. The highest BCUT2D eigenvalue weighted by Gasteiger charge is 2.13. The highest BCUT2D eigenvalue weighted by atomic mass is 79.9. The van der Waals surface area contributed by atoms with Gasteiger partial charge in [0.1, 0.15) is 0 Å². The largest absolute Gasteiger partial charge is 0.493 e. The van der Waals surface area contributed by atoms with Gasteiger partial charge in [-0.2, -0.15) is 5.10 Å². The van der Waals surface area contributed by atoms with E-state index >= 15 is 0 Å². The fourth-order valence-corrected chi connectivity index (χ4v) is 2.73. The molecule has 3 aromatic rings. The van der Waals surface area contributed by atoms with Crippen LogP contribution in [-0.2, 0) is 4.79 Å². The van der Waals surface area contributed by atoms with E-state index in [9.17, 15) is 14.4 Å². The third-order valence-corrected chi connectivity index (χ3v) is 4.56. The number of hydrogen-bond donors (Lipinski definition) is 2. The van der Waals surface area contributed by atoms with Crippen molar-refractivity contribution >= 4 is 39.9 Å². The number of halogens is 1. The van der Waals surface area contributed by atoms with Crippen molar-refractivity contribution in [3.63, 3.8) is 0 Å². The number of carbonyl (C=O) groups is 3. The van der Waals surface area contributed by atoms with E-state index in [-0.39, 0.29) is 18.1 Å². The van der Waals surface area contributed by atoms with E-state index in [1.54, 1.807) is 48.5 Å². The molecular weight excluding hydrogens is 482 g/mol. The molecule has 2 N–H and O–H groups in total. The Hall–Kier alpha value is -3.92. The summed E-state index contributed by atoms with van der Waals surface area (Å²) in [5.74, 6) is -0.894. The summed E-state index contributed by atoms with van der Waals surface area (Å²) < 4.78 is 16.5. The maximum atomic E-state index is 12.3. The summed E-state index contributed by atoms with van der Waals surface area (Å²) in [5, 5.41) is 6.24. The lowest BCUT2D eigenvalue weighted by Gasteiger charge is -2.10. The molecule has 0 radical (unpaired) electrons. The standard InChI is InChI=1S/C22H18BrN3O6/c1-30-19-11-14(4-9-17(19)32-22(29)15-5-7-16(23)8-6-15)12-25-26-20(27)13-24-21(28)18-3-2-10-31-18/h2-12H,13H2,1H3,(H,24,28)(H,26,27). The number of ether oxygens (including phenoxy) is 2. The number of nitrogens with one attached hydrogen (secondary N) is 2. The zero-order chi connectivity index (χ0) is 22.9. The zero-order valence-electron chi connectivity index (χ0n) is 16.8. The molecule has 164 valence electrons. The Balaban J connectivity index is 1.54. The first-order valence-electron chi connectivity index (χ1n) is 9.25. The second kappa shape index (κ2) is 10.9. The van der Waals surface area contributed by atoms with Crippen LogP contribution in [0.3, 0.4) is 0 Å². The number of esters is 1. The fourth-order valence-electron chi connectivity index (χ4n) is 2.47. The minimum atomic E-state index is -0.527. The maximum Gasteiger partial charge on any atom is 0.343 e. The van der Waals surface area contributed by atoms with E-state index in [1.165, 1.54) is 25.7 Å². The number of furan rings is 1. The van der Waals surface area contributed by atoms with Crippen LogP contribution in [0.2, 0.25) is 0 Å². The van der Waals surface area contributed by atoms with E-state index in [0.717, 1.165) is 4.47 Å².